The Morgan fingerprint density at radius 1 is 0.750 bits per heavy atom. The molecule has 0 aromatic heterocycles. The zero-order valence-electron chi connectivity index (χ0n) is 18.9. The molecule has 28 heavy (non-hydrogen) atoms. The van der Waals surface area contributed by atoms with Crippen molar-refractivity contribution < 1.29 is 4.79 Å². The number of hydrogen-bond donors (Lipinski definition) is 1. The average Bonchev–Trinajstić information content (AvgIpc) is 3.24. The number of nitrogens with zero attached hydrogens (tertiary/aromatic N) is 1. The van der Waals surface area contributed by atoms with E-state index >= 15 is 0 Å². The first-order chi connectivity index (χ1) is 13.8. The van der Waals surface area contributed by atoms with E-state index in [0.717, 1.165) is 26.2 Å². The molecule has 0 atom stereocenters. The van der Waals surface area contributed by atoms with E-state index in [2.05, 4.69) is 24.4 Å². The minimum Gasteiger partial charge on any atom is -0.343 e. The van der Waals surface area contributed by atoms with E-state index in [-0.39, 0.29) is 0 Å². The van der Waals surface area contributed by atoms with E-state index in [1.165, 1.54) is 103 Å². The first kappa shape index (κ1) is 25.2. The lowest BCUT2D eigenvalue weighted by molar-refractivity contribution is -0.130. The number of hydrogen-bond acceptors (Lipinski definition) is 2. The van der Waals surface area contributed by atoms with Gasteiger partial charge in [-0.2, -0.15) is 0 Å². The van der Waals surface area contributed by atoms with Gasteiger partial charge in [-0.1, -0.05) is 76.9 Å². The summed E-state index contributed by atoms with van der Waals surface area (Å²) in [6.07, 6.45) is 26.8. The molecule has 3 nitrogen and oxygen atoms in total. The molecule has 0 bridgehead atoms. The summed E-state index contributed by atoms with van der Waals surface area (Å²) in [6.45, 7) is 6.15. The SMILES string of the molecule is CCCCCCCCC=CCCCCCCCCNCCC(=O)N1CCCC1. The van der Waals surface area contributed by atoms with E-state index in [0.29, 0.717) is 12.3 Å². The average molecular weight is 393 g/mol. The Morgan fingerprint density at radius 2 is 1.29 bits per heavy atom. The maximum atomic E-state index is 11.9. The number of rotatable bonds is 19. The fraction of sp³-hybridized carbons (Fsp3) is 0.880. The number of allylic oxidation sites excluding steroid dienone is 2. The molecule has 1 aliphatic rings. The summed E-state index contributed by atoms with van der Waals surface area (Å²) in [7, 11) is 0. The third-order valence-corrected chi connectivity index (χ3v) is 5.84. The second-order valence-electron chi connectivity index (χ2n) is 8.53. The van der Waals surface area contributed by atoms with Crippen LogP contribution < -0.4 is 5.32 Å². The topological polar surface area (TPSA) is 32.3 Å². The lowest BCUT2D eigenvalue weighted by Gasteiger charge is -2.15. The van der Waals surface area contributed by atoms with Crippen LogP contribution in [0, 0.1) is 0 Å². The van der Waals surface area contributed by atoms with Gasteiger partial charge in [0.2, 0.25) is 5.91 Å². The summed E-state index contributed by atoms with van der Waals surface area (Å²) >= 11 is 0. The molecule has 1 aliphatic heterocycles. The van der Waals surface area contributed by atoms with Crippen molar-refractivity contribution in [1.29, 1.82) is 0 Å². The highest BCUT2D eigenvalue weighted by Gasteiger charge is 2.16. The molecule has 0 aromatic rings. The molecule has 1 N–H and O–H groups in total. The highest BCUT2D eigenvalue weighted by molar-refractivity contribution is 5.76. The Balaban J connectivity index is 1.71. The van der Waals surface area contributed by atoms with Crippen LogP contribution >= 0.6 is 0 Å². The van der Waals surface area contributed by atoms with Gasteiger partial charge in [0.1, 0.15) is 0 Å². The van der Waals surface area contributed by atoms with Gasteiger partial charge < -0.3 is 10.2 Å². The molecule has 0 aromatic carbocycles. The second kappa shape index (κ2) is 19.5. The highest BCUT2D eigenvalue weighted by Crippen LogP contribution is 2.10. The molecule has 0 radical (unpaired) electrons. The van der Waals surface area contributed by atoms with Crippen molar-refractivity contribution >= 4 is 5.91 Å². The van der Waals surface area contributed by atoms with Gasteiger partial charge in [-0.05, 0) is 51.5 Å². The van der Waals surface area contributed by atoms with Crippen molar-refractivity contribution in [3.63, 3.8) is 0 Å². The van der Waals surface area contributed by atoms with Crippen molar-refractivity contribution in [1.82, 2.24) is 10.2 Å². The Morgan fingerprint density at radius 3 is 1.89 bits per heavy atom. The minimum absolute atomic E-state index is 0.339. The van der Waals surface area contributed by atoms with Crippen LogP contribution in [0.4, 0.5) is 0 Å². The molecule has 1 rings (SSSR count). The zero-order chi connectivity index (χ0) is 20.1. The van der Waals surface area contributed by atoms with Gasteiger partial charge >= 0.3 is 0 Å². The zero-order valence-corrected chi connectivity index (χ0v) is 18.9. The molecule has 1 saturated heterocycles. The molecule has 0 saturated carbocycles. The number of carbonyl (C=O) groups is 1. The Labute approximate surface area is 175 Å². The predicted molar refractivity (Wildman–Crippen MR) is 123 cm³/mol. The van der Waals surface area contributed by atoms with E-state index in [9.17, 15) is 4.79 Å². The third kappa shape index (κ3) is 15.1. The van der Waals surface area contributed by atoms with E-state index in [1.54, 1.807) is 0 Å². The number of nitrogens with one attached hydrogen (secondary N) is 1. The summed E-state index contributed by atoms with van der Waals surface area (Å²) in [4.78, 5) is 13.9. The maximum Gasteiger partial charge on any atom is 0.223 e. The summed E-state index contributed by atoms with van der Waals surface area (Å²) < 4.78 is 0. The quantitative estimate of drug-likeness (QED) is 0.198. The number of likely N-dealkylation sites (tertiary alicyclic amines) is 1. The van der Waals surface area contributed by atoms with E-state index in [4.69, 9.17) is 0 Å². The number of carbonyl (C=O) groups excluding carboxylic acids is 1. The molecule has 1 heterocycles. The second-order valence-corrected chi connectivity index (χ2v) is 8.53. The lowest BCUT2D eigenvalue weighted by Crippen LogP contribution is -2.30. The van der Waals surface area contributed by atoms with Crippen LogP contribution in [0.5, 0.6) is 0 Å². The van der Waals surface area contributed by atoms with Crippen molar-refractivity contribution in [2.24, 2.45) is 0 Å². The van der Waals surface area contributed by atoms with Crippen molar-refractivity contribution in [2.75, 3.05) is 26.2 Å². The van der Waals surface area contributed by atoms with Gasteiger partial charge in [-0.25, -0.2) is 0 Å². The van der Waals surface area contributed by atoms with Crippen LogP contribution in [0.25, 0.3) is 0 Å². The molecule has 0 aliphatic carbocycles. The number of amides is 1. The normalized spacial score (nSPS) is 14.4. The summed E-state index contributed by atoms with van der Waals surface area (Å²) in [5.74, 6) is 0.339. The minimum atomic E-state index is 0.339. The van der Waals surface area contributed by atoms with Crippen molar-refractivity contribution in [3.05, 3.63) is 12.2 Å². The highest BCUT2D eigenvalue weighted by atomic mass is 16.2. The van der Waals surface area contributed by atoms with Gasteiger partial charge in [-0.3, -0.25) is 4.79 Å². The standard InChI is InChI=1S/C25H48N2O/c1-2-3-4-5-6-7-8-9-10-11-12-13-14-15-16-17-21-26-22-20-25(28)27-23-18-19-24-27/h9-10,26H,2-8,11-24H2,1H3. The molecule has 164 valence electrons. The molecule has 0 spiro atoms. The first-order valence-corrected chi connectivity index (χ1v) is 12.5. The van der Waals surface area contributed by atoms with Crippen molar-refractivity contribution in [3.8, 4) is 0 Å². The van der Waals surface area contributed by atoms with Crippen LogP contribution in [0.3, 0.4) is 0 Å². The fourth-order valence-corrected chi connectivity index (χ4v) is 3.94. The van der Waals surface area contributed by atoms with Crippen LogP contribution in [0.2, 0.25) is 0 Å². The molecular weight excluding hydrogens is 344 g/mol. The summed E-state index contributed by atoms with van der Waals surface area (Å²) in [5.41, 5.74) is 0. The smallest absolute Gasteiger partial charge is 0.223 e. The Bertz CT molecular complexity index is 375. The molecule has 3 heteroatoms. The maximum absolute atomic E-state index is 11.9. The molecular formula is C25H48N2O. The van der Waals surface area contributed by atoms with E-state index < -0.39 is 0 Å². The van der Waals surface area contributed by atoms with Crippen LogP contribution in [0.15, 0.2) is 12.2 Å². The summed E-state index contributed by atoms with van der Waals surface area (Å²) in [6, 6.07) is 0. The largest absolute Gasteiger partial charge is 0.343 e. The van der Waals surface area contributed by atoms with Crippen LogP contribution in [-0.2, 0) is 4.79 Å². The van der Waals surface area contributed by atoms with Gasteiger partial charge in [0, 0.05) is 26.1 Å². The monoisotopic (exact) mass is 392 g/mol. The van der Waals surface area contributed by atoms with E-state index in [1.807, 2.05) is 4.90 Å². The van der Waals surface area contributed by atoms with Gasteiger partial charge in [0.15, 0.2) is 0 Å². The first-order valence-electron chi connectivity index (χ1n) is 12.5. The van der Waals surface area contributed by atoms with Crippen LogP contribution in [-0.4, -0.2) is 37.0 Å². The molecule has 0 unspecified atom stereocenters. The van der Waals surface area contributed by atoms with Crippen LogP contribution in [0.1, 0.15) is 116 Å². The predicted octanol–water partition coefficient (Wildman–Crippen LogP) is 6.63. The lowest BCUT2D eigenvalue weighted by atomic mass is 10.1. The summed E-state index contributed by atoms with van der Waals surface area (Å²) in [5, 5.41) is 3.43. The third-order valence-electron chi connectivity index (χ3n) is 5.84. The Kier molecular flexibility index (Phi) is 17.5. The van der Waals surface area contributed by atoms with Crippen molar-refractivity contribution in [2.45, 2.75) is 116 Å². The Hall–Kier alpha value is -0.830. The molecule has 1 amide bonds. The van der Waals surface area contributed by atoms with Gasteiger partial charge in [-0.15, -0.1) is 0 Å². The number of unbranched alkanes of at least 4 members (excludes halogenated alkanes) is 12. The van der Waals surface area contributed by atoms with Gasteiger partial charge in [0.05, 0.1) is 0 Å². The molecule has 1 fully saturated rings. The van der Waals surface area contributed by atoms with Gasteiger partial charge in [0.25, 0.3) is 0 Å². The fourth-order valence-electron chi connectivity index (χ4n) is 3.94.